The van der Waals surface area contributed by atoms with Crippen molar-refractivity contribution in [2.45, 2.75) is 46.1 Å². The number of nitrogens with zero attached hydrogens (tertiary/aromatic N) is 1. The summed E-state index contributed by atoms with van der Waals surface area (Å²) in [4.78, 5) is 24.7. The van der Waals surface area contributed by atoms with E-state index >= 15 is 0 Å². The number of carbonyl (C=O) groups excluding carboxylic acids is 2. The highest BCUT2D eigenvalue weighted by Gasteiger charge is 2.32. The largest absolute Gasteiger partial charge is 0.490 e. The molecule has 0 saturated carbocycles. The normalized spacial score (nSPS) is 14.8. The summed E-state index contributed by atoms with van der Waals surface area (Å²) >= 11 is 0. The topological polar surface area (TPSA) is 149 Å². The molecular formula is C36H41FN4O8. The van der Waals surface area contributed by atoms with Gasteiger partial charge in [0.25, 0.3) is 0 Å². The molecule has 0 radical (unpaired) electrons. The van der Waals surface area contributed by atoms with Gasteiger partial charge in [-0.15, -0.1) is 6.58 Å². The molecule has 0 aliphatic carbocycles. The minimum atomic E-state index is -1.20. The highest BCUT2D eigenvalue weighted by atomic mass is 19.1. The van der Waals surface area contributed by atoms with Gasteiger partial charge in [-0.25, -0.2) is 14.0 Å². The van der Waals surface area contributed by atoms with Crippen LogP contribution in [0.25, 0.3) is 0 Å². The third-order valence-corrected chi connectivity index (χ3v) is 7.26. The maximum absolute atomic E-state index is 14.2. The number of allylic oxidation sites excluding steroid dienone is 2. The number of aliphatic hydroxyl groups excluding tert-OH is 1. The Bertz CT molecular complexity index is 1710. The Morgan fingerprint density at radius 3 is 2.51 bits per heavy atom. The highest BCUT2D eigenvalue weighted by Crippen LogP contribution is 2.36. The third-order valence-electron chi connectivity index (χ3n) is 7.26. The van der Waals surface area contributed by atoms with Crippen molar-refractivity contribution in [3.05, 3.63) is 107 Å². The number of rotatable bonds is 17. The molecule has 0 spiro atoms. The molecule has 0 saturated heterocycles. The predicted molar refractivity (Wildman–Crippen MR) is 181 cm³/mol. The lowest BCUT2D eigenvalue weighted by atomic mass is 9.95. The van der Waals surface area contributed by atoms with Gasteiger partial charge in [-0.05, 0) is 68.7 Å². The number of urea groups is 1. The molecule has 1 aliphatic rings. The molecule has 4 rings (SSSR count). The summed E-state index contributed by atoms with van der Waals surface area (Å²) in [6, 6.07) is 13.7. The minimum Gasteiger partial charge on any atom is -0.490 e. The van der Waals surface area contributed by atoms with Crippen molar-refractivity contribution >= 4 is 18.2 Å². The van der Waals surface area contributed by atoms with E-state index in [-0.39, 0.29) is 24.6 Å². The van der Waals surface area contributed by atoms with E-state index in [0.717, 1.165) is 5.56 Å². The van der Waals surface area contributed by atoms with Gasteiger partial charge in [-0.3, -0.25) is 5.43 Å². The zero-order valence-electron chi connectivity index (χ0n) is 27.9. The van der Waals surface area contributed by atoms with Crippen LogP contribution in [0.1, 0.15) is 49.1 Å². The molecule has 0 fully saturated rings. The van der Waals surface area contributed by atoms with Gasteiger partial charge in [-0.2, -0.15) is 5.10 Å². The highest BCUT2D eigenvalue weighted by molar-refractivity contribution is 5.95. The Kier molecular flexibility index (Phi) is 13.0. The molecule has 3 aromatic carbocycles. The number of nitrogens with one attached hydrogen (secondary N) is 3. The van der Waals surface area contributed by atoms with Crippen molar-refractivity contribution in [2.24, 2.45) is 5.10 Å². The summed E-state index contributed by atoms with van der Waals surface area (Å²) in [5.74, 6) is 0.679. The zero-order valence-corrected chi connectivity index (χ0v) is 27.9. The average Bonchev–Trinajstić information content (AvgIpc) is 3.08. The van der Waals surface area contributed by atoms with E-state index in [2.05, 4.69) is 27.7 Å². The monoisotopic (exact) mass is 676 g/mol. The van der Waals surface area contributed by atoms with Crippen LogP contribution in [0.4, 0.5) is 9.18 Å². The van der Waals surface area contributed by atoms with Crippen molar-refractivity contribution in [3.8, 4) is 23.0 Å². The maximum Gasteiger partial charge on any atom is 0.337 e. The molecule has 2 atom stereocenters. The molecule has 0 bridgehead atoms. The number of amides is 2. The summed E-state index contributed by atoms with van der Waals surface area (Å²) < 4.78 is 42.6. The number of hydrogen-bond donors (Lipinski definition) is 4. The van der Waals surface area contributed by atoms with E-state index in [0.29, 0.717) is 65.0 Å². The number of halogens is 1. The fourth-order valence-corrected chi connectivity index (χ4v) is 5.08. The Balaban J connectivity index is 1.44. The van der Waals surface area contributed by atoms with Crippen LogP contribution in [0, 0.1) is 5.82 Å². The first kappa shape index (κ1) is 36.3. The van der Waals surface area contributed by atoms with E-state index in [9.17, 15) is 19.1 Å². The van der Waals surface area contributed by atoms with Gasteiger partial charge in [-0.1, -0.05) is 30.3 Å². The SMILES string of the molecule is C=CCc1cc(/C=N\N[C@H](O)COc2ccc([C@H]3NC(=O)NC(C)=C3C(=O)OC)cc2OCC)cc(OCC)c1OCc1ccccc1F. The second-order valence-electron chi connectivity index (χ2n) is 10.7. The zero-order chi connectivity index (χ0) is 35.3. The molecule has 260 valence electrons. The summed E-state index contributed by atoms with van der Waals surface area (Å²) in [5.41, 5.74) is 5.68. The molecule has 49 heavy (non-hydrogen) atoms. The maximum atomic E-state index is 14.2. The van der Waals surface area contributed by atoms with E-state index in [1.165, 1.54) is 19.4 Å². The molecule has 2 amide bonds. The molecule has 12 nitrogen and oxygen atoms in total. The van der Waals surface area contributed by atoms with Crippen LogP contribution in [-0.4, -0.2) is 56.5 Å². The first-order chi connectivity index (χ1) is 23.7. The second kappa shape index (κ2) is 17.6. The van der Waals surface area contributed by atoms with Crippen LogP contribution in [-0.2, 0) is 22.6 Å². The number of aliphatic hydroxyl groups is 1. The number of hydrogen-bond acceptors (Lipinski definition) is 10. The van der Waals surface area contributed by atoms with E-state index in [1.807, 2.05) is 13.0 Å². The number of esters is 1. The first-order valence-corrected chi connectivity index (χ1v) is 15.7. The van der Waals surface area contributed by atoms with Crippen LogP contribution >= 0.6 is 0 Å². The molecule has 1 heterocycles. The standard InChI is InChI=1S/C36H41FN4O8/c1-6-11-25-16-23(17-30(47-8-3)34(25)49-20-26-12-9-10-13-27(26)37)19-38-41-31(42)21-48-28-15-14-24(18-29(28)46-7-2)33-32(35(43)45-5)22(4)39-36(44)40-33/h6,9-10,12-19,31,33,41-42H,1,7-8,11,20-21H2,2-5H3,(H2,39,40,44)/b38-19-/t31-,33-/m1/s1. The van der Waals surface area contributed by atoms with Crippen LogP contribution in [0.5, 0.6) is 23.0 Å². The second-order valence-corrected chi connectivity index (χ2v) is 10.7. The van der Waals surface area contributed by atoms with Gasteiger partial charge in [0.1, 0.15) is 19.0 Å². The number of ether oxygens (including phenoxy) is 5. The van der Waals surface area contributed by atoms with Gasteiger partial charge in [0.2, 0.25) is 0 Å². The van der Waals surface area contributed by atoms with Gasteiger partial charge >= 0.3 is 12.0 Å². The van der Waals surface area contributed by atoms with Crippen LogP contribution in [0.2, 0.25) is 0 Å². The summed E-state index contributed by atoms with van der Waals surface area (Å²) in [6.45, 7) is 9.62. The Hall–Kier alpha value is -5.56. The molecule has 4 N–H and O–H groups in total. The molecule has 0 aromatic heterocycles. The molecule has 3 aromatic rings. The van der Waals surface area contributed by atoms with Crippen LogP contribution in [0.15, 0.2) is 83.6 Å². The summed E-state index contributed by atoms with van der Waals surface area (Å²) in [6.07, 6.45) is 2.50. The minimum absolute atomic E-state index is 0.0195. The van der Waals surface area contributed by atoms with Crippen molar-refractivity contribution in [1.29, 1.82) is 0 Å². The quantitative estimate of drug-likeness (QED) is 0.0507. The van der Waals surface area contributed by atoms with Crippen LogP contribution in [0.3, 0.4) is 0 Å². The van der Waals surface area contributed by atoms with Gasteiger partial charge < -0.3 is 39.4 Å². The predicted octanol–water partition coefficient (Wildman–Crippen LogP) is 5.05. The Labute approximate surface area is 284 Å². The smallest absolute Gasteiger partial charge is 0.337 e. The lowest BCUT2D eigenvalue weighted by molar-refractivity contribution is -0.136. The van der Waals surface area contributed by atoms with Crippen molar-refractivity contribution < 1.29 is 42.8 Å². The number of methoxy groups -OCH3 is 1. The van der Waals surface area contributed by atoms with E-state index < -0.39 is 24.3 Å². The van der Waals surface area contributed by atoms with Gasteiger partial charge in [0, 0.05) is 16.8 Å². The fourth-order valence-electron chi connectivity index (χ4n) is 5.08. The lowest BCUT2D eigenvalue weighted by Gasteiger charge is -2.28. The Morgan fingerprint density at radius 2 is 1.80 bits per heavy atom. The molecule has 0 unspecified atom stereocenters. The lowest BCUT2D eigenvalue weighted by Crippen LogP contribution is -2.45. The average molecular weight is 677 g/mol. The number of benzene rings is 3. The summed E-state index contributed by atoms with van der Waals surface area (Å²) in [5, 5.41) is 20.1. The number of hydrazone groups is 1. The van der Waals surface area contributed by atoms with Crippen molar-refractivity contribution in [2.75, 3.05) is 26.9 Å². The van der Waals surface area contributed by atoms with Gasteiger partial charge in [0.15, 0.2) is 29.2 Å². The molecule has 1 aliphatic heterocycles. The molecule has 13 heteroatoms. The van der Waals surface area contributed by atoms with Crippen LogP contribution < -0.4 is 35.0 Å². The Morgan fingerprint density at radius 1 is 1.04 bits per heavy atom. The number of carbonyl (C=O) groups is 2. The fraction of sp³-hybridized carbons (Fsp3) is 0.306. The van der Waals surface area contributed by atoms with E-state index in [4.69, 9.17) is 23.7 Å². The molecular weight excluding hydrogens is 635 g/mol. The van der Waals surface area contributed by atoms with E-state index in [1.54, 1.807) is 62.4 Å². The third kappa shape index (κ3) is 9.51. The van der Waals surface area contributed by atoms with Crippen molar-refractivity contribution in [3.63, 3.8) is 0 Å². The first-order valence-electron chi connectivity index (χ1n) is 15.7. The van der Waals surface area contributed by atoms with Gasteiger partial charge in [0.05, 0.1) is 38.2 Å². The van der Waals surface area contributed by atoms with Crippen molar-refractivity contribution in [1.82, 2.24) is 16.1 Å². The summed E-state index contributed by atoms with van der Waals surface area (Å²) in [7, 11) is 1.27.